The number of carbonyl (C=O) groups is 1. The molecule has 0 saturated heterocycles. The van der Waals surface area contributed by atoms with Gasteiger partial charge in [0.25, 0.3) is 15.9 Å². The number of halogens is 1. The Kier molecular flexibility index (Phi) is 4.08. The van der Waals surface area contributed by atoms with Crippen LogP contribution in [0.1, 0.15) is 22.5 Å². The molecule has 0 radical (unpaired) electrons. The molecule has 2 heterocycles. The molecule has 0 spiro atoms. The van der Waals surface area contributed by atoms with Crippen molar-refractivity contribution in [2.75, 3.05) is 11.3 Å². The van der Waals surface area contributed by atoms with Crippen LogP contribution >= 0.6 is 11.6 Å². The van der Waals surface area contributed by atoms with Gasteiger partial charge in [0.2, 0.25) is 0 Å². The van der Waals surface area contributed by atoms with Gasteiger partial charge in [0.15, 0.2) is 0 Å². The first-order chi connectivity index (χ1) is 10.9. The zero-order valence-electron chi connectivity index (χ0n) is 12.5. The van der Waals surface area contributed by atoms with Gasteiger partial charge in [0.05, 0.1) is 0 Å². The summed E-state index contributed by atoms with van der Waals surface area (Å²) >= 11 is 5.94. The van der Waals surface area contributed by atoms with E-state index in [1.54, 1.807) is 29.7 Å². The summed E-state index contributed by atoms with van der Waals surface area (Å²) in [5.74, 6) is -0.258. The minimum absolute atomic E-state index is 0.0668. The van der Waals surface area contributed by atoms with Crippen LogP contribution in [0, 0.1) is 6.92 Å². The molecule has 2 N–H and O–H groups in total. The van der Waals surface area contributed by atoms with Crippen molar-refractivity contribution >= 4 is 33.2 Å². The fourth-order valence-electron chi connectivity index (χ4n) is 2.47. The number of hydrogen-bond donors (Lipinski definition) is 2. The quantitative estimate of drug-likeness (QED) is 0.889. The Labute approximate surface area is 139 Å². The molecule has 0 unspecified atom stereocenters. The Morgan fingerprint density at radius 1 is 1.30 bits per heavy atom. The molecule has 0 aliphatic carbocycles. The molecule has 6 nitrogen and oxygen atoms in total. The van der Waals surface area contributed by atoms with Gasteiger partial charge in [-0.3, -0.25) is 9.52 Å². The number of fused-ring (bicyclic) bond motifs is 1. The number of sulfonamides is 1. The number of carbonyl (C=O) groups excluding carboxylic acids is 1. The standard InChI is InChI=1S/C15H16ClN3O3S/c1-10-7-11(3-4-13(10)16)18-23(21,22)12-8-14-15(20)17-5-2-6-19(14)9-12/h3-4,7-9,18H,2,5-6H2,1H3,(H,17,20). The van der Waals surface area contributed by atoms with Crippen LogP contribution in [0.25, 0.3) is 0 Å². The molecule has 3 rings (SSSR count). The van der Waals surface area contributed by atoms with Gasteiger partial charge >= 0.3 is 0 Å². The minimum Gasteiger partial charge on any atom is -0.351 e. The van der Waals surface area contributed by atoms with Crippen LogP contribution in [-0.2, 0) is 16.6 Å². The molecular formula is C15H16ClN3O3S. The largest absolute Gasteiger partial charge is 0.351 e. The number of anilines is 1. The van der Waals surface area contributed by atoms with E-state index in [1.165, 1.54) is 12.3 Å². The lowest BCUT2D eigenvalue weighted by Gasteiger charge is -2.08. The molecule has 1 aromatic carbocycles. The normalized spacial score (nSPS) is 14.8. The van der Waals surface area contributed by atoms with Crippen LogP contribution in [-0.4, -0.2) is 25.4 Å². The van der Waals surface area contributed by atoms with E-state index in [9.17, 15) is 13.2 Å². The number of rotatable bonds is 3. The first-order valence-corrected chi connectivity index (χ1v) is 9.00. The summed E-state index contributed by atoms with van der Waals surface area (Å²) < 4.78 is 29.2. The summed E-state index contributed by atoms with van der Waals surface area (Å²) in [6, 6.07) is 6.29. The van der Waals surface area contributed by atoms with E-state index >= 15 is 0 Å². The first-order valence-electron chi connectivity index (χ1n) is 7.14. The summed E-state index contributed by atoms with van der Waals surface area (Å²) in [5, 5.41) is 3.31. The van der Waals surface area contributed by atoms with Crippen molar-refractivity contribution in [3.63, 3.8) is 0 Å². The van der Waals surface area contributed by atoms with E-state index < -0.39 is 10.0 Å². The van der Waals surface area contributed by atoms with Crippen LogP contribution in [0.5, 0.6) is 0 Å². The Morgan fingerprint density at radius 2 is 2.09 bits per heavy atom. The topological polar surface area (TPSA) is 80.2 Å². The minimum atomic E-state index is -3.77. The number of hydrogen-bond acceptors (Lipinski definition) is 3. The highest BCUT2D eigenvalue weighted by Gasteiger charge is 2.23. The predicted molar refractivity (Wildman–Crippen MR) is 88.4 cm³/mol. The molecule has 122 valence electrons. The maximum absolute atomic E-state index is 12.5. The molecule has 2 aromatic rings. The maximum atomic E-state index is 12.5. The Balaban J connectivity index is 1.92. The van der Waals surface area contributed by atoms with Crippen LogP contribution in [0.4, 0.5) is 5.69 Å². The Bertz CT molecular complexity index is 874. The van der Waals surface area contributed by atoms with Gasteiger partial charge in [-0.2, -0.15) is 0 Å². The summed E-state index contributed by atoms with van der Waals surface area (Å²) in [5.41, 5.74) is 1.56. The number of aryl methyl sites for hydroxylation is 2. The van der Waals surface area contributed by atoms with Crippen molar-refractivity contribution in [1.82, 2.24) is 9.88 Å². The van der Waals surface area contributed by atoms with E-state index in [1.807, 2.05) is 0 Å². The second kappa shape index (κ2) is 5.90. The highest BCUT2D eigenvalue weighted by atomic mass is 35.5. The third kappa shape index (κ3) is 3.20. The molecule has 1 amide bonds. The zero-order valence-corrected chi connectivity index (χ0v) is 14.0. The highest BCUT2D eigenvalue weighted by molar-refractivity contribution is 7.92. The lowest BCUT2D eigenvalue weighted by Crippen LogP contribution is -2.22. The molecule has 1 aliphatic rings. The SMILES string of the molecule is Cc1cc(NS(=O)(=O)c2cc3n(c2)CCCNC3=O)ccc1Cl. The summed E-state index contributed by atoms with van der Waals surface area (Å²) in [4.78, 5) is 12.0. The number of benzene rings is 1. The fraction of sp³-hybridized carbons (Fsp3) is 0.267. The second-order valence-electron chi connectivity index (χ2n) is 5.43. The lowest BCUT2D eigenvalue weighted by molar-refractivity contribution is 0.0951. The van der Waals surface area contributed by atoms with E-state index in [2.05, 4.69) is 10.0 Å². The monoisotopic (exact) mass is 353 g/mol. The molecule has 0 fully saturated rings. The average Bonchev–Trinajstić information content (AvgIpc) is 2.85. The van der Waals surface area contributed by atoms with E-state index in [-0.39, 0.29) is 10.8 Å². The molecule has 23 heavy (non-hydrogen) atoms. The number of nitrogens with zero attached hydrogens (tertiary/aromatic N) is 1. The third-order valence-electron chi connectivity index (χ3n) is 3.69. The molecule has 0 atom stereocenters. The van der Waals surface area contributed by atoms with Gasteiger partial charge in [-0.1, -0.05) is 11.6 Å². The van der Waals surface area contributed by atoms with Crippen molar-refractivity contribution in [2.45, 2.75) is 24.8 Å². The van der Waals surface area contributed by atoms with Crippen LogP contribution in [0.3, 0.4) is 0 Å². The Morgan fingerprint density at radius 3 is 2.83 bits per heavy atom. The van der Waals surface area contributed by atoms with Gasteiger partial charge in [-0.25, -0.2) is 8.42 Å². The van der Waals surface area contributed by atoms with E-state index in [0.29, 0.717) is 29.5 Å². The number of nitrogens with one attached hydrogen (secondary N) is 2. The van der Waals surface area contributed by atoms with Gasteiger partial charge < -0.3 is 9.88 Å². The van der Waals surface area contributed by atoms with E-state index in [4.69, 9.17) is 11.6 Å². The average molecular weight is 354 g/mol. The first kappa shape index (κ1) is 15.9. The predicted octanol–water partition coefficient (Wildman–Crippen LogP) is 2.38. The van der Waals surface area contributed by atoms with Gasteiger partial charge in [0.1, 0.15) is 10.6 Å². The van der Waals surface area contributed by atoms with Gasteiger partial charge in [0, 0.05) is 30.0 Å². The molecule has 8 heteroatoms. The van der Waals surface area contributed by atoms with Crippen molar-refractivity contribution in [3.8, 4) is 0 Å². The Hall–Kier alpha value is -1.99. The smallest absolute Gasteiger partial charge is 0.267 e. The van der Waals surface area contributed by atoms with Crippen molar-refractivity contribution in [1.29, 1.82) is 0 Å². The van der Waals surface area contributed by atoms with E-state index in [0.717, 1.165) is 12.0 Å². The summed E-state index contributed by atoms with van der Waals surface area (Å²) in [7, 11) is -3.77. The number of amides is 1. The summed E-state index contributed by atoms with van der Waals surface area (Å²) in [6.07, 6.45) is 2.25. The molecule has 1 aromatic heterocycles. The van der Waals surface area contributed by atoms with Crippen molar-refractivity contribution in [2.24, 2.45) is 0 Å². The molecule has 0 bridgehead atoms. The fourth-order valence-corrected chi connectivity index (χ4v) is 3.68. The molecular weight excluding hydrogens is 338 g/mol. The van der Waals surface area contributed by atoms with Gasteiger partial charge in [-0.15, -0.1) is 0 Å². The van der Waals surface area contributed by atoms with Gasteiger partial charge in [-0.05, 0) is 43.2 Å². The van der Waals surface area contributed by atoms with Crippen LogP contribution in [0.2, 0.25) is 5.02 Å². The number of aromatic nitrogens is 1. The van der Waals surface area contributed by atoms with Crippen LogP contribution in [0.15, 0.2) is 35.4 Å². The van der Waals surface area contributed by atoms with Crippen molar-refractivity contribution < 1.29 is 13.2 Å². The molecule has 0 saturated carbocycles. The van der Waals surface area contributed by atoms with Crippen molar-refractivity contribution in [3.05, 3.63) is 46.7 Å². The zero-order chi connectivity index (χ0) is 16.6. The second-order valence-corrected chi connectivity index (χ2v) is 7.52. The maximum Gasteiger partial charge on any atom is 0.267 e. The van der Waals surface area contributed by atoms with Crippen LogP contribution < -0.4 is 10.0 Å². The lowest BCUT2D eigenvalue weighted by atomic mass is 10.2. The molecule has 1 aliphatic heterocycles. The third-order valence-corrected chi connectivity index (χ3v) is 5.46. The highest BCUT2D eigenvalue weighted by Crippen LogP contribution is 2.23. The summed E-state index contributed by atoms with van der Waals surface area (Å²) in [6.45, 7) is 2.99.